The van der Waals surface area contributed by atoms with Crippen LogP contribution < -0.4 is 4.72 Å². The zero-order valence-corrected chi connectivity index (χ0v) is 16.6. The molecule has 5 heteroatoms. The van der Waals surface area contributed by atoms with Gasteiger partial charge >= 0.3 is 0 Å². The summed E-state index contributed by atoms with van der Waals surface area (Å²) in [6.07, 6.45) is 1.42. The maximum Gasteiger partial charge on any atom is 0.240 e. The molecular weight excluding hydrogens is 373 g/mol. The summed E-state index contributed by atoms with van der Waals surface area (Å²) in [4.78, 5) is 0.274. The molecule has 0 heterocycles. The van der Waals surface area contributed by atoms with Gasteiger partial charge in [0, 0.05) is 12.5 Å². The third kappa shape index (κ3) is 5.27. The first-order valence-corrected chi connectivity index (χ1v) is 10.8. The Bertz CT molecular complexity index is 985. The Morgan fingerprint density at radius 3 is 2.11 bits per heavy atom. The van der Waals surface area contributed by atoms with Gasteiger partial charge in [-0.3, -0.25) is 0 Å². The molecular formula is C23H24FNO2S. The predicted molar refractivity (Wildman–Crippen MR) is 110 cm³/mol. The highest BCUT2D eigenvalue weighted by Crippen LogP contribution is 2.29. The lowest BCUT2D eigenvalue weighted by Crippen LogP contribution is -2.25. The van der Waals surface area contributed by atoms with Gasteiger partial charge in [-0.05, 0) is 55.2 Å². The van der Waals surface area contributed by atoms with Gasteiger partial charge in [0.25, 0.3) is 0 Å². The van der Waals surface area contributed by atoms with Crippen molar-refractivity contribution in [3.63, 3.8) is 0 Å². The number of benzene rings is 3. The van der Waals surface area contributed by atoms with E-state index in [1.807, 2.05) is 37.3 Å². The fourth-order valence-electron chi connectivity index (χ4n) is 3.22. The van der Waals surface area contributed by atoms with Crippen LogP contribution in [0.5, 0.6) is 0 Å². The van der Waals surface area contributed by atoms with Crippen LogP contribution in [-0.4, -0.2) is 15.0 Å². The summed E-state index contributed by atoms with van der Waals surface area (Å²) in [5, 5.41) is 0. The second-order valence-corrected chi connectivity index (χ2v) is 8.63. The van der Waals surface area contributed by atoms with Gasteiger partial charge in [0.05, 0.1) is 4.90 Å². The molecule has 0 fully saturated rings. The molecule has 0 aliphatic heterocycles. The molecule has 3 aromatic rings. The fourth-order valence-corrected chi connectivity index (χ4v) is 4.29. The predicted octanol–water partition coefficient (Wildman–Crippen LogP) is 5.02. The van der Waals surface area contributed by atoms with Crippen LogP contribution >= 0.6 is 0 Å². The molecule has 0 bridgehead atoms. The highest BCUT2D eigenvalue weighted by Gasteiger charge is 2.16. The number of hydrogen-bond donors (Lipinski definition) is 1. The van der Waals surface area contributed by atoms with Crippen LogP contribution in [0.1, 0.15) is 35.4 Å². The molecule has 3 rings (SSSR count). The lowest BCUT2D eigenvalue weighted by Gasteiger charge is -2.18. The summed E-state index contributed by atoms with van der Waals surface area (Å²) in [6, 6.07) is 23.3. The summed E-state index contributed by atoms with van der Waals surface area (Å²) < 4.78 is 40.8. The topological polar surface area (TPSA) is 46.2 Å². The van der Waals surface area contributed by atoms with E-state index in [9.17, 15) is 12.8 Å². The van der Waals surface area contributed by atoms with E-state index >= 15 is 0 Å². The Labute approximate surface area is 166 Å². The minimum Gasteiger partial charge on any atom is -0.211 e. The normalized spacial score (nSPS) is 12.6. The Morgan fingerprint density at radius 1 is 0.857 bits per heavy atom. The largest absolute Gasteiger partial charge is 0.240 e. The molecule has 0 saturated heterocycles. The second kappa shape index (κ2) is 9.13. The van der Waals surface area contributed by atoms with E-state index in [1.54, 1.807) is 36.4 Å². The first kappa shape index (κ1) is 20.2. The number of aryl methyl sites for hydroxylation is 1. The molecule has 0 radical (unpaired) electrons. The highest BCUT2D eigenvalue weighted by atomic mass is 32.2. The Kier molecular flexibility index (Phi) is 6.60. The van der Waals surface area contributed by atoms with Gasteiger partial charge in [-0.15, -0.1) is 0 Å². The van der Waals surface area contributed by atoms with Gasteiger partial charge in [-0.25, -0.2) is 17.5 Å². The van der Waals surface area contributed by atoms with Gasteiger partial charge in [0.1, 0.15) is 5.82 Å². The monoisotopic (exact) mass is 397 g/mol. The first-order chi connectivity index (χ1) is 13.5. The average Bonchev–Trinajstić information content (AvgIpc) is 2.70. The zero-order chi connectivity index (χ0) is 20.0. The van der Waals surface area contributed by atoms with Crippen molar-refractivity contribution in [1.82, 2.24) is 4.72 Å². The minimum absolute atomic E-state index is 0.0886. The average molecular weight is 398 g/mol. The van der Waals surface area contributed by atoms with Crippen molar-refractivity contribution in [1.29, 1.82) is 0 Å². The van der Waals surface area contributed by atoms with Gasteiger partial charge in [-0.2, -0.15) is 0 Å². The number of sulfonamides is 1. The maximum absolute atomic E-state index is 13.3. The molecule has 0 aromatic heterocycles. The van der Waals surface area contributed by atoms with Crippen molar-refractivity contribution in [2.75, 3.05) is 6.54 Å². The minimum atomic E-state index is -3.51. The summed E-state index contributed by atoms with van der Waals surface area (Å²) in [5.41, 5.74) is 3.17. The van der Waals surface area contributed by atoms with E-state index < -0.39 is 10.0 Å². The van der Waals surface area contributed by atoms with Crippen molar-refractivity contribution in [2.45, 2.75) is 30.6 Å². The van der Waals surface area contributed by atoms with E-state index in [0.29, 0.717) is 13.0 Å². The molecule has 0 amide bonds. The van der Waals surface area contributed by atoms with Crippen LogP contribution in [0, 0.1) is 12.7 Å². The summed E-state index contributed by atoms with van der Waals surface area (Å²) in [6.45, 7) is 2.27. The highest BCUT2D eigenvalue weighted by molar-refractivity contribution is 7.89. The summed E-state index contributed by atoms with van der Waals surface area (Å²) in [5.74, 6) is -0.174. The molecule has 0 aliphatic rings. The van der Waals surface area contributed by atoms with Crippen LogP contribution in [-0.2, 0) is 10.0 Å². The van der Waals surface area contributed by atoms with Crippen molar-refractivity contribution >= 4 is 10.0 Å². The molecule has 0 spiro atoms. The Hall–Kier alpha value is -2.50. The standard InChI is InChI=1S/C23H24FNO2S/c1-18-9-15-22(16-10-18)28(26,27)25-17-5-8-23(19-6-3-2-4-7-19)20-11-13-21(24)14-12-20/h2-4,6-7,9-16,23,25H,5,8,17H2,1H3. The maximum atomic E-state index is 13.3. The van der Waals surface area contributed by atoms with E-state index in [1.165, 1.54) is 12.1 Å². The zero-order valence-electron chi connectivity index (χ0n) is 15.8. The molecule has 3 nitrogen and oxygen atoms in total. The van der Waals surface area contributed by atoms with Crippen molar-refractivity contribution in [3.8, 4) is 0 Å². The van der Waals surface area contributed by atoms with E-state index in [2.05, 4.69) is 4.72 Å². The smallest absolute Gasteiger partial charge is 0.211 e. The molecule has 1 unspecified atom stereocenters. The lowest BCUT2D eigenvalue weighted by molar-refractivity contribution is 0.572. The molecule has 1 atom stereocenters. The van der Waals surface area contributed by atoms with Crippen molar-refractivity contribution in [3.05, 3.63) is 101 Å². The van der Waals surface area contributed by atoms with Crippen LogP contribution in [0.2, 0.25) is 0 Å². The van der Waals surface area contributed by atoms with E-state index in [4.69, 9.17) is 0 Å². The van der Waals surface area contributed by atoms with E-state index in [0.717, 1.165) is 23.1 Å². The third-order valence-electron chi connectivity index (χ3n) is 4.77. The van der Waals surface area contributed by atoms with E-state index in [-0.39, 0.29) is 16.6 Å². The molecule has 0 aliphatic carbocycles. The molecule has 0 saturated carbocycles. The SMILES string of the molecule is Cc1ccc(S(=O)(=O)NCCCC(c2ccccc2)c2ccc(F)cc2)cc1. The number of rotatable bonds is 8. The van der Waals surface area contributed by atoms with Crippen molar-refractivity contribution < 1.29 is 12.8 Å². The van der Waals surface area contributed by atoms with Crippen LogP contribution in [0.15, 0.2) is 83.8 Å². The number of hydrogen-bond acceptors (Lipinski definition) is 2. The molecule has 146 valence electrons. The van der Waals surface area contributed by atoms with Gasteiger partial charge in [0.2, 0.25) is 10.0 Å². The lowest BCUT2D eigenvalue weighted by atomic mass is 9.87. The third-order valence-corrected chi connectivity index (χ3v) is 6.24. The Balaban J connectivity index is 1.65. The van der Waals surface area contributed by atoms with Crippen LogP contribution in [0.25, 0.3) is 0 Å². The number of nitrogens with one attached hydrogen (secondary N) is 1. The number of halogens is 1. The van der Waals surface area contributed by atoms with Gasteiger partial charge in [-0.1, -0.05) is 60.2 Å². The summed E-state index contributed by atoms with van der Waals surface area (Å²) >= 11 is 0. The molecule has 3 aromatic carbocycles. The summed E-state index contributed by atoms with van der Waals surface area (Å²) in [7, 11) is -3.51. The van der Waals surface area contributed by atoms with Gasteiger partial charge in [0.15, 0.2) is 0 Å². The Morgan fingerprint density at radius 2 is 1.46 bits per heavy atom. The van der Waals surface area contributed by atoms with Crippen LogP contribution in [0.4, 0.5) is 4.39 Å². The second-order valence-electron chi connectivity index (χ2n) is 6.87. The van der Waals surface area contributed by atoms with Crippen molar-refractivity contribution in [2.24, 2.45) is 0 Å². The first-order valence-electron chi connectivity index (χ1n) is 9.32. The fraction of sp³-hybridized carbons (Fsp3) is 0.217. The molecule has 1 N–H and O–H groups in total. The van der Waals surface area contributed by atoms with Gasteiger partial charge < -0.3 is 0 Å². The molecule has 28 heavy (non-hydrogen) atoms. The quantitative estimate of drug-likeness (QED) is 0.542. The van der Waals surface area contributed by atoms with Crippen LogP contribution in [0.3, 0.4) is 0 Å².